The highest BCUT2D eigenvalue weighted by Gasteiger charge is 2.59. The highest BCUT2D eigenvalue weighted by Crippen LogP contribution is 2.66. The van der Waals surface area contributed by atoms with Crippen LogP contribution in [0.2, 0.25) is 0 Å². The van der Waals surface area contributed by atoms with Crippen molar-refractivity contribution in [2.75, 3.05) is 0 Å². The van der Waals surface area contributed by atoms with Gasteiger partial charge in [-0.05, 0) is 67.4 Å². The number of nitrogens with one attached hydrogen (secondary N) is 2. The van der Waals surface area contributed by atoms with E-state index >= 15 is 0 Å². The number of hydroxylamine groups is 1. The van der Waals surface area contributed by atoms with Crippen molar-refractivity contribution in [2.45, 2.75) is 64.5 Å². The zero-order valence-electron chi connectivity index (χ0n) is 14.6. The van der Waals surface area contributed by atoms with Gasteiger partial charge in [-0.25, -0.2) is 5.48 Å². The third kappa shape index (κ3) is 2.74. The molecule has 4 aliphatic rings. The van der Waals surface area contributed by atoms with Gasteiger partial charge in [-0.15, -0.1) is 0 Å². The van der Waals surface area contributed by atoms with E-state index in [1.54, 1.807) is 11.5 Å². The molecular weight excluding hydrogens is 302 g/mol. The first-order valence-electron chi connectivity index (χ1n) is 8.97. The minimum atomic E-state index is -0.524. The van der Waals surface area contributed by atoms with Crippen LogP contribution in [0, 0.1) is 16.7 Å². The number of nitrogens with zero attached hydrogens (tertiary/aromatic N) is 1. The van der Waals surface area contributed by atoms with Gasteiger partial charge in [0.05, 0.1) is 11.3 Å². The van der Waals surface area contributed by atoms with Gasteiger partial charge in [-0.2, -0.15) is 0 Å². The molecule has 0 saturated heterocycles. The molecule has 130 valence electrons. The second kappa shape index (κ2) is 5.27. The molecule has 4 saturated carbocycles. The molecule has 0 aromatic carbocycles. The first-order chi connectivity index (χ1) is 11.3. The summed E-state index contributed by atoms with van der Waals surface area (Å²) in [6.07, 6.45) is 9.54. The third-order valence-electron chi connectivity index (χ3n) is 6.46. The molecule has 1 aromatic heterocycles. The van der Waals surface area contributed by atoms with Crippen molar-refractivity contribution in [3.63, 3.8) is 0 Å². The Kier molecular flexibility index (Phi) is 3.52. The summed E-state index contributed by atoms with van der Waals surface area (Å²) in [6.45, 7) is 5.69. The van der Waals surface area contributed by atoms with Crippen molar-refractivity contribution in [1.29, 1.82) is 0 Å². The molecule has 0 radical (unpaired) electrons. The molecule has 0 aliphatic heterocycles. The number of amides is 1. The molecule has 5 nitrogen and oxygen atoms in total. The van der Waals surface area contributed by atoms with Crippen molar-refractivity contribution in [3.05, 3.63) is 29.6 Å². The Labute approximate surface area is 143 Å². The molecule has 0 spiro atoms. The van der Waals surface area contributed by atoms with Crippen LogP contribution >= 0.6 is 0 Å². The van der Waals surface area contributed by atoms with Crippen LogP contribution in [0.5, 0.6) is 0 Å². The molecule has 4 atom stereocenters. The smallest absolute Gasteiger partial charge is 0.276 e. The second-order valence-electron chi connectivity index (χ2n) is 9.24. The topological polar surface area (TPSA) is 74.2 Å². The van der Waals surface area contributed by atoms with Gasteiger partial charge in [0.25, 0.3) is 5.91 Å². The molecule has 3 N–H and O–H groups in total. The van der Waals surface area contributed by atoms with Crippen LogP contribution in [0.1, 0.15) is 68.4 Å². The Balaban J connectivity index is 1.47. The van der Waals surface area contributed by atoms with Crippen molar-refractivity contribution in [2.24, 2.45) is 16.7 Å². The number of hydrogen-bond acceptors (Lipinski definition) is 4. The van der Waals surface area contributed by atoms with Gasteiger partial charge in [0.1, 0.15) is 0 Å². The fraction of sp³-hybridized carbons (Fsp3) is 0.684. The lowest BCUT2D eigenvalue weighted by Gasteiger charge is -2.65. The molecule has 4 fully saturated rings. The first kappa shape index (κ1) is 16.0. The van der Waals surface area contributed by atoms with E-state index < -0.39 is 5.91 Å². The monoisotopic (exact) mass is 329 g/mol. The van der Waals surface area contributed by atoms with E-state index in [9.17, 15) is 4.79 Å². The normalized spacial score (nSPS) is 39.9. The minimum Gasteiger partial charge on any atom is -0.306 e. The van der Waals surface area contributed by atoms with Crippen molar-refractivity contribution in [3.8, 4) is 0 Å². The summed E-state index contributed by atoms with van der Waals surface area (Å²) < 4.78 is 0. The molecule has 5 rings (SSSR count). The van der Waals surface area contributed by atoms with Gasteiger partial charge in [-0.1, -0.05) is 13.8 Å². The van der Waals surface area contributed by atoms with Crippen LogP contribution in [0.15, 0.2) is 18.3 Å². The summed E-state index contributed by atoms with van der Waals surface area (Å²) in [5.74, 6) is 0.344. The van der Waals surface area contributed by atoms with Gasteiger partial charge < -0.3 is 5.32 Å². The Morgan fingerprint density at radius 3 is 2.46 bits per heavy atom. The highest BCUT2D eigenvalue weighted by atomic mass is 16.5. The Morgan fingerprint density at radius 2 is 1.92 bits per heavy atom. The van der Waals surface area contributed by atoms with E-state index in [0.29, 0.717) is 16.4 Å². The zero-order chi connectivity index (χ0) is 17.0. The lowest BCUT2D eigenvalue weighted by molar-refractivity contribution is -0.118. The van der Waals surface area contributed by atoms with Gasteiger partial charge in [0, 0.05) is 18.3 Å². The van der Waals surface area contributed by atoms with Crippen molar-refractivity contribution >= 4 is 5.91 Å². The lowest BCUT2D eigenvalue weighted by atomic mass is 9.43. The molecule has 4 aliphatic carbocycles. The average Bonchev–Trinajstić information content (AvgIpc) is 2.49. The highest BCUT2D eigenvalue weighted by molar-refractivity contribution is 5.92. The van der Waals surface area contributed by atoms with Crippen LogP contribution < -0.4 is 10.8 Å². The average molecular weight is 329 g/mol. The number of carbonyl (C=O) groups is 1. The SMILES string of the molecule is C[C@]12CC3CC(NCc4ccc(C(=O)NO)cn4)(C1)C[C@@](C)(C3)C2. The van der Waals surface area contributed by atoms with E-state index in [2.05, 4.69) is 24.1 Å². The summed E-state index contributed by atoms with van der Waals surface area (Å²) in [6, 6.07) is 3.57. The maximum atomic E-state index is 11.4. The van der Waals surface area contributed by atoms with Crippen LogP contribution in [-0.2, 0) is 6.54 Å². The van der Waals surface area contributed by atoms with Crippen molar-refractivity contribution < 1.29 is 10.0 Å². The number of rotatable bonds is 4. The van der Waals surface area contributed by atoms with Crippen LogP contribution in [-0.4, -0.2) is 21.6 Å². The molecule has 1 heterocycles. The third-order valence-corrected chi connectivity index (χ3v) is 6.46. The number of aromatic nitrogens is 1. The summed E-state index contributed by atoms with van der Waals surface area (Å²) in [4.78, 5) is 15.7. The molecular formula is C19H27N3O2. The summed E-state index contributed by atoms with van der Waals surface area (Å²) in [5, 5.41) is 12.5. The predicted octanol–water partition coefficient (Wildman–Crippen LogP) is 3.04. The Morgan fingerprint density at radius 1 is 1.21 bits per heavy atom. The quantitative estimate of drug-likeness (QED) is 0.586. The summed E-state index contributed by atoms with van der Waals surface area (Å²) >= 11 is 0. The number of pyridine rings is 1. The first-order valence-corrected chi connectivity index (χ1v) is 8.97. The maximum Gasteiger partial charge on any atom is 0.276 e. The predicted molar refractivity (Wildman–Crippen MR) is 90.5 cm³/mol. The largest absolute Gasteiger partial charge is 0.306 e. The maximum absolute atomic E-state index is 11.4. The zero-order valence-corrected chi connectivity index (χ0v) is 14.6. The van der Waals surface area contributed by atoms with Crippen LogP contribution in [0.3, 0.4) is 0 Å². The van der Waals surface area contributed by atoms with E-state index in [-0.39, 0.29) is 5.54 Å². The second-order valence-corrected chi connectivity index (χ2v) is 9.24. The van der Waals surface area contributed by atoms with Gasteiger partial charge >= 0.3 is 0 Å². The molecule has 24 heavy (non-hydrogen) atoms. The molecule has 2 unspecified atom stereocenters. The Bertz CT molecular complexity index is 639. The molecule has 5 heteroatoms. The van der Waals surface area contributed by atoms with Gasteiger partial charge in [0.2, 0.25) is 0 Å². The lowest BCUT2D eigenvalue weighted by Crippen LogP contribution is -2.63. The molecule has 1 amide bonds. The molecule has 4 bridgehead atoms. The fourth-order valence-electron chi connectivity index (χ4n) is 6.65. The number of carbonyl (C=O) groups excluding carboxylic acids is 1. The fourth-order valence-corrected chi connectivity index (χ4v) is 6.65. The van der Waals surface area contributed by atoms with Crippen molar-refractivity contribution in [1.82, 2.24) is 15.8 Å². The summed E-state index contributed by atoms with van der Waals surface area (Å²) in [7, 11) is 0. The van der Waals surface area contributed by atoms with Crippen LogP contribution in [0.4, 0.5) is 0 Å². The van der Waals surface area contributed by atoms with Crippen LogP contribution in [0.25, 0.3) is 0 Å². The van der Waals surface area contributed by atoms with E-state index in [0.717, 1.165) is 18.2 Å². The number of hydrogen-bond donors (Lipinski definition) is 3. The minimum absolute atomic E-state index is 0.256. The standard InChI is InChI=1S/C19H27N3O2/c1-17-5-13-6-18(2,10-17)12-19(7-13,11-17)21-9-15-4-3-14(8-20-15)16(23)22-24/h3-4,8,13,21,24H,5-7,9-12H2,1-2H3,(H,22,23)/t13?,17-,18+,19?. The van der Waals surface area contributed by atoms with E-state index in [1.165, 1.54) is 44.7 Å². The van der Waals surface area contributed by atoms with Gasteiger partial charge in [0.15, 0.2) is 0 Å². The van der Waals surface area contributed by atoms with E-state index in [1.807, 2.05) is 6.07 Å². The Hall–Kier alpha value is -1.46. The van der Waals surface area contributed by atoms with Gasteiger partial charge in [-0.3, -0.25) is 15.0 Å². The van der Waals surface area contributed by atoms with E-state index in [4.69, 9.17) is 5.21 Å². The molecule has 1 aromatic rings. The summed E-state index contributed by atoms with van der Waals surface area (Å²) in [5.41, 5.74) is 4.20.